The zero-order chi connectivity index (χ0) is 23.9. The Morgan fingerprint density at radius 2 is 1.31 bits per heavy atom. The fourth-order valence-corrected chi connectivity index (χ4v) is 4.15. The highest BCUT2D eigenvalue weighted by Gasteiger charge is 2.24. The lowest BCUT2D eigenvalue weighted by molar-refractivity contribution is 0.0746. The number of pyridine rings is 1. The molecule has 4 aromatic rings. The van der Waals surface area contributed by atoms with E-state index >= 15 is 0 Å². The van der Waals surface area contributed by atoms with Crippen molar-refractivity contribution in [3.05, 3.63) is 109 Å². The third kappa shape index (κ3) is 5.44. The molecule has 0 atom stereocenters. The number of anilines is 1. The molecule has 0 aliphatic carbocycles. The predicted molar refractivity (Wildman–Crippen MR) is 137 cm³/mol. The van der Waals surface area contributed by atoms with Gasteiger partial charge in [-0.3, -0.25) is 4.79 Å². The van der Waals surface area contributed by atoms with Crippen LogP contribution in [0.1, 0.15) is 10.4 Å². The van der Waals surface area contributed by atoms with Crippen LogP contribution in [0.4, 0.5) is 5.82 Å². The van der Waals surface area contributed by atoms with Gasteiger partial charge in [0.25, 0.3) is 5.91 Å². The summed E-state index contributed by atoms with van der Waals surface area (Å²) in [5.41, 5.74) is 3.19. The zero-order valence-electron chi connectivity index (χ0n) is 19.4. The van der Waals surface area contributed by atoms with Gasteiger partial charge in [-0.15, -0.1) is 0 Å². The van der Waals surface area contributed by atoms with E-state index in [1.807, 2.05) is 35.2 Å². The Bertz CT molecular complexity index is 1200. The van der Waals surface area contributed by atoms with E-state index < -0.39 is 0 Å². The van der Waals surface area contributed by atoms with E-state index in [1.165, 1.54) is 11.1 Å². The Balaban J connectivity index is 0.000000178. The highest BCUT2D eigenvalue weighted by Crippen LogP contribution is 2.33. The Morgan fingerprint density at radius 1 is 0.686 bits per heavy atom. The summed E-state index contributed by atoms with van der Waals surface area (Å²) >= 11 is 0. The van der Waals surface area contributed by atoms with Crippen molar-refractivity contribution in [3.63, 3.8) is 0 Å². The van der Waals surface area contributed by atoms with E-state index in [2.05, 4.69) is 58.4 Å². The van der Waals surface area contributed by atoms with Crippen LogP contribution in [-0.4, -0.2) is 48.8 Å². The lowest BCUT2D eigenvalue weighted by Crippen LogP contribution is -2.49. The van der Waals surface area contributed by atoms with E-state index in [9.17, 15) is 4.79 Å². The van der Waals surface area contributed by atoms with Crippen LogP contribution in [0.25, 0.3) is 11.1 Å². The normalized spacial score (nSPS) is 14.2. The summed E-state index contributed by atoms with van der Waals surface area (Å²) in [6.07, 6.45) is 1.79. The molecule has 0 saturated carbocycles. The Hall–Kier alpha value is -4.32. The van der Waals surface area contributed by atoms with Crippen molar-refractivity contribution in [1.82, 2.24) is 9.88 Å². The first-order valence-corrected chi connectivity index (χ1v) is 11.7. The largest absolute Gasteiger partial charge is 0.454 e. The molecule has 176 valence electrons. The summed E-state index contributed by atoms with van der Waals surface area (Å²) in [7, 11) is 0. The Kier molecular flexibility index (Phi) is 6.89. The number of hydrogen-bond acceptors (Lipinski definition) is 5. The topological polar surface area (TPSA) is 54.9 Å². The number of rotatable bonds is 3. The maximum Gasteiger partial charge on any atom is 0.254 e. The number of piperazine rings is 1. The number of hydrogen-bond donors (Lipinski definition) is 0. The molecule has 2 aliphatic heterocycles. The molecule has 3 heterocycles. The zero-order valence-corrected chi connectivity index (χ0v) is 19.4. The lowest BCUT2D eigenvalue weighted by atomic mass is 10.1. The second kappa shape index (κ2) is 10.7. The Morgan fingerprint density at radius 3 is 1.94 bits per heavy atom. The number of nitrogens with zero attached hydrogens (tertiary/aromatic N) is 3. The molecule has 0 spiro atoms. The van der Waals surface area contributed by atoms with Crippen molar-refractivity contribution in [2.45, 2.75) is 0 Å². The number of carbonyl (C=O) groups is 1. The predicted octanol–water partition coefficient (Wildman–Crippen LogP) is 5.13. The fraction of sp³-hybridized carbons (Fsp3) is 0.172. The molecule has 0 unspecified atom stereocenters. The molecular weight excluding hydrogens is 438 g/mol. The molecule has 1 saturated heterocycles. The molecule has 6 rings (SSSR count). The van der Waals surface area contributed by atoms with Gasteiger partial charge < -0.3 is 19.3 Å². The lowest BCUT2D eigenvalue weighted by Gasteiger charge is -2.35. The summed E-state index contributed by atoms with van der Waals surface area (Å²) in [5.74, 6) is 2.33. The van der Waals surface area contributed by atoms with E-state index in [-0.39, 0.29) is 12.7 Å². The average molecular weight is 466 g/mol. The minimum absolute atomic E-state index is 0.0315. The van der Waals surface area contributed by atoms with Gasteiger partial charge in [0, 0.05) is 37.9 Å². The van der Waals surface area contributed by atoms with Crippen LogP contribution in [0, 0.1) is 0 Å². The number of fused-ring (bicyclic) bond motifs is 1. The van der Waals surface area contributed by atoms with Gasteiger partial charge in [-0.25, -0.2) is 4.98 Å². The summed E-state index contributed by atoms with van der Waals surface area (Å²) in [5, 5.41) is 0. The van der Waals surface area contributed by atoms with Crippen molar-refractivity contribution in [2.75, 3.05) is 37.9 Å². The number of aromatic nitrogens is 1. The SMILES string of the molecule is O=C(c1ccc2c(c1)OCO2)N1CCN(c2ccccn2)CC1.c1ccc(-c2ccccc2)cc1. The fourth-order valence-electron chi connectivity index (χ4n) is 4.15. The van der Waals surface area contributed by atoms with E-state index in [4.69, 9.17) is 9.47 Å². The smallest absolute Gasteiger partial charge is 0.254 e. The number of benzene rings is 3. The van der Waals surface area contributed by atoms with Gasteiger partial charge in [-0.05, 0) is 41.5 Å². The van der Waals surface area contributed by atoms with Crippen molar-refractivity contribution < 1.29 is 14.3 Å². The number of amides is 1. The van der Waals surface area contributed by atoms with Crippen LogP contribution >= 0.6 is 0 Å². The van der Waals surface area contributed by atoms with E-state index in [1.54, 1.807) is 24.4 Å². The van der Waals surface area contributed by atoms with Crippen LogP contribution < -0.4 is 14.4 Å². The molecule has 6 nitrogen and oxygen atoms in total. The number of carbonyl (C=O) groups excluding carboxylic acids is 1. The Labute approximate surface area is 205 Å². The molecule has 3 aromatic carbocycles. The van der Waals surface area contributed by atoms with Gasteiger partial charge in [0.15, 0.2) is 11.5 Å². The van der Waals surface area contributed by atoms with Crippen molar-refractivity contribution in [3.8, 4) is 22.6 Å². The van der Waals surface area contributed by atoms with E-state index in [0.717, 1.165) is 18.9 Å². The van der Waals surface area contributed by atoms with Crippen LogP contribution in [-0.2, 0) is 0 Å². The van der Waals surface area contributed by atoms with E-state index in [0.29, 0.717) is 30.2 Å². The summed E-state index contributed by atoms with van der Waals surface area (Å²) in [4.78, 5) is 21.1. The third-order valence-corrected chi connectivity index (χ3v) is 6.04. The van der Waals surface area contributed by atoms with Gasteiger partial charge in [-0.1, -0.05) is 66.7 Å². The first kappa shape index (κ1) is 22.5. The van der Waals surface area contributed by atoms with Crippen molar-refractivity contribution >= 4 is 11.7 Å². The van der Waals surface area contributed by atoms with Crippen molar-refractivity contribution in [1.29, 1.82) is 0 Å². The summed E-state index contributed by atoms with van der Waals surface area (Å²) in [6.45, 7) is 3.16. The van der Waals surface area contributed by atoms with Crippen LogP contribution in [0.5, 0.6) is 11.5 Å². The van der Waals surface area contributed by atoms with Crippen LogP contribution in [0.2, 0.25) is 0 Å². The maximum atomic E-state index is 12.6. The van der Waals surface area contributed by atoms with Crippen LogP contribution in [0.15, 0.2) is 103 Å². The standard InChI is InChI=1S/C17H17N3O3.C12H10/c21-17(13-4-5-14-15(11-13)23-12-22-14)20-9-7-19(8-10-20)16-3-1-2-6-18-16;1-3-7-11(8-4-1)12-9-5-2-6-10-12/h1-6,11H,7-10,12H2;1-10H. The molecule has 2 aliphatic rings. The van der Waals surface area contributed by atoms with Gasteiger partial charge in [-0.2, -0.15) is 0 Å². The maximum absolute atomic E-state index is 12.6. The first-order chi connectivity index (χ1) is 17.3. The molecule has 0 N–H and O–H groups in total. The van der Waals surface area contributed by atoms with Gasteiger partial charge in [0.2, 0.25) is 6.79 Å². The van der Waals surface area contributed by atoms with Crippen molar-refractivity contribution in [2.24, 2.45) is 0 Å². The second-order valence-corrected chi connectivity index (χ2v) is 8.27. The monoisotopic (exact) mass is 465 g/mol. The van der Waals surface area contributed by atoms with Gasteiger partial charge in [0.1, 0.15) is 5.82 Å². The molecule has 0 radical (unpaired) electrons. The molecule has 0 bridgehead atoms. The summed E-state index contributed by atoms with van der Waals surface area (Å²) < 4.78 is 10.6. The van der Waals surface area contributed by atoms with Gasteiger partial charge in [0.05, 0.1) is 0 Å². The van der Waals surface area contributed by atoms with Gasteiger partial charge >= 0.3 is 0 Å². The molecular formula is C29H27N3O3. The first-order valence-electron chi connectivity index (χ1n) is 11.7. The minimum atomic E-state index is 0.0315. The molecule has 35 heavy (non-hydrogen) atoms. The molecule has 1 aromatic heterocycles. The highest BCUT2D eigenvalue weighted by molar-refractivity contribution is 5.95. The highest BCUT2D eigenvalue weighted by atomic mass is 16.7. The molecule has 1 fully saturated rings. The molecule has 1 amide bonds. The quantitative estimate of drug-likeness (QED) is 0.420. The summed E-state index contributed by atoms with van der Waals surface area (Å²) in [6, 6.07) is 32.0. The number of ether oxygens (including phenoxy) is 2. The minimum Gasteiger partial charge on any atom is -0.454 e. The molecule has 6 heteroatoms. The van der Waals surface area contributed by atoms with Crippen LogP contribution in [0.3, 0.4) is 0 Å². The second-order valence-electron chi connectivity index (χ2n) is 8.27. The third-order valence-electron chi connectivity index (χ3n) is 6.04. The average Bonchev–Trinajstić information content (AvgIpc) is 3.43.